The van der Waals surface area contributed by atoms with Crippen LogP contribution in [0.15, 0.2) is 22.7 Å². The SMILES string of the molecule is COc1cc(Oc2cc(C)c(Br)c(C)c2)nc(N)n1. The van der Waals surface area contributed by atoms with Gasteiger partial charge in [-0.3, -0.25) is 0 Å². The first kappa shape index (κ1) is 13.6. The van der Waals surface area contributed by atoms with Crippen LogP contribution in [0.4, 0.5) is 5.95 Å². The average molecular weight is 324 g/mol. The summed E-state index contributed by atoms with van der Waals surface area (Å²) in [5, 5.41) is 0. The normalized spacial score (nSPS) is 10.3. The smallest absolute Gasteiger partial charge is 0.227 e. The van der Waals surface area contributed by atoms with Crippen LogP contribution in [-0.4, -0.2) is 17.1 Å². The number of benzene rings is 1. The topological polar surface area (TPSA) is 70.3 Å². The Balaban J connectivity index is 2.33. The molecule has 0 unspecified atom stereocenters. The third-order valence-corrected chi connectivity index (χ3v) is 3.79. The van der Waals surface area contributed by atoms with Crippen molar-refractivity contribution in [3.8, 4) is 17.5 Å². The largest absolute Gasteiger partial charge is 0.481 e. The minimum atomic E-state index is 0.111. The Morgan fingerprint density at radius 3 is 2.21 bits per heavy atom. The van der Waals surface area contributed by atoms with Gasteiger partial charge in [-0.05, 0) is 37.1 Å². The minimum Gasteiger partial charge on any atom is -0.481 e. The Morgan fingerprint density at radius 1 is 1.05 bits per heavy atom. The van der Waals surface area contributed by atoms with Gasteiger partial charge in [0.15, 0.2) is 0 Å². The molecule has 0 aliphatic rings. The van der Waals surface area contributed by atoms with Crippen LogP contribution in [0.25, 0.3) is 0 Å². The predicted octanol–water partition coefficient (Wildman–Crippen LogP) is 3.24. The Morgan fingerprint density at radius 2 is 1.63 bits per heavy atom. The lowest BCUT2D eigenvalue weighted by atomic mass is 10.1. The number of aromatic nitrogens is 2. The van der Waals surface area contributed by atoms with Crippen molar-refractivity contribution in [1.29, 1.82) is 0 Å². The van der Waals surface area contributed by atoms with Crippen molar-refractivity contribution in [2.24, 2.45) is 0 Å². The van der Waals surface area contributed by atoms with Crippen molar-refractivity contribution in [3.05, 3.63) is 33.8 Å². The molecule has 0 saturated heterocycles. The lowest BCUT2D eigenvalue weighted by Crippen LogP contribution is -1.99. The molecule has 1 heterocycles. The zero-order valence-electron chi connectivity index (χ0n) is 10.9. The summed E-state index contributed by atoms with van der Waals surface area (Å²) in [6.07, 6.45) is 0. The molecule has 6 heteroatoms. The molecule has 0 radical (unpaired) electrons. The molecule has 5 nitrogen and oxygen atoms in total. The summed E-state index contributed by atoms with van der Waals surface area (Å²) < 4.78 is 11.8. The summed E-state index contributed by atoms with van der Waals surface area (Å²) in [4.78, 5) is 7.91. The minimum absolute atomic E-state index is 0.111. The van der Waals surface area contributed by atoms with Gasteiger partial charge in [0, 0.05) is 4.47 Å². The van der Waals surface area contributed by atoms with Gasteiger partial charge in [0.05, 0.1) is 13.2 Å². The highest BCUT2D eigenvalue weighted by molar-refractivity contribution is 9.10. The zero-order valence-corrected chi connectivity index (χ0v) is 12.5. The Labute approximate surface area is 119 Å². The van der Waals surface area contributed by atoms with Crippen molar-refractivity contribution >= 4 is 21.9 Å². The Kier molecular flexibility index (Phi) is 3.90. The quantitative estimate of drug-likeness (QED) is 0.938. The third kappa shape index (κ3) is 3.14. The molecule has 0 saturated carbocycles. The molecule has 0 spiro atoms. The van der Waals surface area contributed by atoms with Crippen LogP contribution in [-0.2, 0) is 0 Å². The van der Waals surface area contributed by atoms with E-state index < -0.39 is 0 Å². The number of nitrogens with zero attached hydrogens (tertiary/aromatic N) is 2. The summed E-state index contributed by atoms with van der Waals surface area (Å²) in [6, 6.07) is 5.42. The summed E-state index contributed by atoms with van der Waals surface area (Å²) >= 11 is 3.51. The van der Waals surface area contributed by atoms with Crippen LogP contribution in [0.3, 0.4) is 0 Å². The van der Waals surface area contributed by atoms with Crippen LogP contribution >= 0.6 is 15.9 Å². The molecule has 2 rings (SSSR count). The third-order valence-electron chi connectivity index (χ3n) is 2.54. The molecule has 0 amide bonds. The summed E-state index contributed by atoms with van der Waals surface area (Å²) in [6.45, 7) is 4.00. The van der Waals surface area contributed by atoms with Crippen molar-refractivity contribution in [2.75, 3.05) is 12.8 Å². The fourth-order valence-electron chi connectivity index (χ4n) is 1.66. The van der Waals surface area contributed by atoms with Gasteiger partial charge in [-0.2, -0.15) is 9.97 Å². The van der Waals surface area contributed by atoms with E-state index in [1.54, 1.807) is 6.07 Å². The van der Waals surface area contributed by atoms with E-state index in [-0.39, 0.29) is 5.95 Å². The molecule has 0 fully saturated rings. The molecule has 1 aromatic heterocycles. The van der Waals surface area contributed by atoms with Gasteiger partial charge in [-0.1, -0.05) is 15.9 Å². The van der Waals surface area contributed by atoms with Gasteiger partial charge < -0.3 is 15.2 Å². The molecule has 0 aliphatic heterocycles. The number of hydrogen-bond acceptors (Lipinski definition) is 5. The van der Waals surface area contributed by atoms with Crippen LogP contribution in [0.2, 0.25) is 0 Å². The second kappa shape index (κ2) is 5.44. The van der Waals surface area contributed by atoms with Crippen molar-refractivity contribution in [2.45, 2.75) is 13.8 Å². The molecule has 2 aromatic rings. The number of hydrogen-bond donors (Lipinski definition) is 1. The van der Waals surface area contributed by atoms with E-state index in [1.165, 1.54) is 7.11 Å². The van der Waals surface area contributed by atoms with Gasteiger partial charge in [-0.15, -0.1) is 0 Å². The van der Waals surface area contributed by atoms with Crippen LogP contribution in [0.5, 0.6) is 17.5 Å². The first-order chi connectivity index (χ1) is 8.99. The maximum absolute atomic E-state index is 5.69. The van der Waals surface area contributed by atoms with Crippen LogP contribution in [0.1, 0.15) is 11.1 Å². The molecule has 0 atom stereocenters. The number of anilines is 1. The fraction of sp³-hybridized carbons (Fsp3) is 0.231. The molecular formula is C13H14BrN3O2. The van der Waals surface area contributed by atoms with Gasteiger partial charge in [0.25, 0.3) is 0 Å². The lowest BCUT2D eigenvalue weighted by Gasteiger charge is -2.10. The predicted molar refractivity (Wildman–Crippen MR) is 76.7 cm³/mol. The standard InChI is InChI=1S/C13H14BrN3O2/c1-7-4-9(5-8(2)12(7)14)19-11-6-10(18-3)16-13(15)17-11/h4-6H,1-3H3,(H2,15,16,17). The van der Waals surface area contributed by atoms with E-state index in [2.05, 4.69) is 25.9 Å². The first-order valence-electron chi connectivity index (χ1n) is 5.62. The maximum Gasteiger partial charge on any atom is 0.227 e. The molecule has 0 aliphatic carbocycles. The Bertz CT molecular complexity index is 594. The van der Waals surface area contributed by atoms with E-state index in [0.717, 1.165) is 15.6 Å². The average Bonchev–Trinajstić information content (AvgIpc) is 2.35. The summed E-state index contributed by atoms with van der Waals surface area (Å²) in [5.74, 6) is 1.52. The number of ether oxygens (including phenoxy) is 2. The molecular weight excluding hydrogens is 310 g/mol. The monoisotopic (exact) mass is 323 g/mol. The number of halogens is 1. The number of nitrogens with two attached hydrogens (primary N) is 1. The molecule has 1 aromatic carbocycles. The molecule has 100 valence electrons. The first-order valence-corrected chi connectivity index (χ1v) is 6.42. The lowest BCUT2D eigenvalue weighted by molar-refractivity contribution is 0.389. The van der Waals surface area contributed by atoms with E-state index >= 15 is 0 Å². The van der Waals surface area contributed by atoms with Crippen molar-refractivity contribution < 1.29 is 9.47 Å². The Hall–Kier alpha value is -1.82. The van der Waals surface area contributed by atoms with Gasteiger partial charge in [-0.25, -0.2) is 0 Å². The number of methoxy groups -OCH3 is 1. The zero-order chi connectivity index (χ0) is 14.0. The van der Waals surface area contributed by atoms with Crippen LogP contribution < -0.4 is 15.2 Å². The summed E-state index contributed by atoms with van der Waals surface area (Å²) in [5.41, 5.74) is 7.76. The van der Waals surface area contributed by atoms with Gasteiger partial charge >= 0.3 is 0 Å². The highest BCUT2D eigenvalue weighted by Crippen LogP contribution is 2.29. The van der Waals surface area contributed by atoms with Crippen molar-refractivity contribution in [3.63, 3.8) is 0 Å². The van der Waals surface area contributed by atoms with E-state index in [0.29, 0.717) is 17.5 Å². The van der Waals surface area contributed by atoms with E-state index in [1.807, 2.05) is 26.0 Å². The molecule has 19 heavy (non-hydrogen) atoms. The summed E-state index contributed by atoms with van der Waals surface area (Å²) in [7, 11) is 1.51. The van der Waals surface area contributed by atoms with E-state index in [9.17, 15) is 0 Å². The van der Waals surface area contributed by atoms with Gasteiger partial charge in [0.2, 0.25) is 17.7 Å². The van der Waals surface area contributed by atoms with E-state index in [4.69, 9.17) is 15.2 Å². The molecule has 0 bridgehead atoms. The number of nitrogen functional groups attached to an aromatic ring is 1. The maximum atomic E-state index is 5.69. The number of rotatable bonds is 3. The molecule has 2 N–H and O–H groups in total. The highest BCUT2D eigenvalue weighted by Gasteiger charge is 2.07. The van der Waals surface area contributed by atoms with Gasteiger partial charge in [0.1, 0.15) is 5.75 Å². The second-order valence-corrected chi connectivity index (χ2v) is 4.87. The van der Waals surface area contributed by atoms with Crippen molar-refractivity contribution in [1.82, 2.24) is 9.97 Å². The van der Waals surface area contributed by atoms with Crippen LogP contribution in [0, 0.1) is 13.8 Å². The fourth-order valence-corrected chi connectivity index (χ4v) is 1.89. The second-order valence-electron chi connectivity index (χ2n) is 4.08. The highest BCUT2D eigenvalue weighted by atomic mass is 79.9. The number of aryl methyl sites for hydroxylation is 2.